The molecule has 326 valence electrons. The second-order valence-electron chi connectivity index (χ2n) is 17.2. The number of ether oxygens (including phenoxy) is 2. The summed E-state index contributed by atoms with van der Waals surface area (Å²) in [4.78, 5) is 2.29. The number of aliphatic hydroxyl groups excluding tert-OH is 1. The minimum atomic E-state index is 0.207. The van der Waals surface area contributed by atoms with Crippen LogP contribution in [0.2, 0.25) is 0 Å². The molecule has 0 rings (SSSR count). The van der Waals surface area contributed by atoms with E-state index in [-0.39, 0.29) is 6.61 Å². The van der Waals surface area contributed by atoms with Gasteiger partial charge in [0.15, 0.2) is 0 Å². The molecule has 1 N–H and O–H groups in total. The molecular weight excluding hydrogens is 663 g/mol. The average Bonchev–Trinajstić information content (AvgIpc) is 3.18. The smallest absolute Gasteiger partial charge is 0.0593 e. The maximum Gasteiger partial charge on any atom is 0.0593 e. The van der Waals surface area contributed by atoms with Crippen molar-refractivity contribution < 1.29 is 14.6 Å². The highest BCUT2D eigenvalue weighted by Crippen LogP contribution is 2.16. The molecule has 0 saturated heterocycles. The van der Waals surface area contributed by atoms with Crippen molar-refractivity contribution >= 4 is 0 Å². The summed E-state index contributed by atoms with van der Waals surface area (Å²) in [6.07, 6.45) is 56.8. The third-order valence-electron chi connectivity index (χ3n) is 11.8. The first kappa shape index (κ1) is 53.8. The fraction of sp³-hybridized carbons (Fsp3) is 1.00. The molecule has 0 atom stereocenters. The van der Waals surface area contributed by atoms with Crippen molar-refractivity contribution in [3.63, 3.8) is 0 Å². The van der Waals surface area contributed by atoms with Gasteiger partial charge in [-0.05, 0) is 12.8 Å². The topological polar surface area (TPSA) is 41.9 Å². The maximum absolute atomic E-state index is 9.48. The quantitative estimate of drug-likeness (QED) is 0.0626. The summed E-state index contributed by atoms with van der Waals surface area (Å²) in [5.74, 6) is 0. The van der Waals surface area contributed by atoms with Crippen LogP contribution < -0.4 is 0 Å². The highest BCUT2D eigenvalue weighted by Gasteiger charge is 2.05. The minimum Gasteiger partial charge on any atom is -0.395 e. The Morgan fingerprint density at radius 1 is 0.259 bits per heavy atom. The van der Waals surface area contributed by atoms with Gasteiger partial charge in [-0.15, -0.1) is 0 Å². The van der Waals surface area contributed by atoms with Crippen molar-refractivity contribution in [1.29, 1.82) is 0 Å². The molecule has 0 fully saturated rings. The van der Waals surface area contributed by atoms with Gasteiger partial charge < -0.3 is 14.6 Å². The van der Waals surface area contributed by atoms with Crippen molar-refractivity contribution in [3.05, 3.63) is 0 Å². The molecule has 4 nitrogen and oxygen atoms in total. The predicted molar refractivity (Wildman–Crippen MR) is 241 cm³/mol. The van der Waals surface area contributed by atoms with Crippen LogP contribution in [0.3, 0.4) is 0 Å². The van der Waals surface area contributed by atoms with Gasteiger partial charge in [0.05, 0.1) is 19.8 Å². The lowest BCUT2D eigenvalue weighted by Gasteiger charge is -2.21. The standard InChI is InChI=1S/C50H103NO3/c1-3-5-7-9-11-13-15-17-19-21-23-25-27-29-31-33-35-37-39-41-47-53-49-44-51(43-46-52)45-50-54-48-42-40-38-36-34-32-30-28-26-24-22-20-18-16-14-12-10-8-6-4-2/h52H,3-50H2,1-2H3. The molecule has 0 aromatic carbocycles. The SMILES string of the molecule is CCCCCCCCCCCCCCCCCCCCCCOCCN(CCO)CCOCCCCCCCCCCCCCCCCCCCCCC. The van der Waals surface area contributed by atoms with Gasteiger partial charge in [-0.3, -0.25) is 4.90 Å². The van der Waals surface area contributed by atoms with Gasteiger partial charge in [-0.25, -0.2) is 0 Å². The van der Waals surface area contributed by atoms with Crippen molar-refractivity contribution in [2.45, 2.75) is 271 Å². The highest BCUT2D eigenvalue weighted by molar-refractivity contribution is 4.57. The molecular formula is C50H103NO3. The molecule has 0 spiro atoms. The second kappa shape index (κ2) is 50.9. The molecule has 0 unspecified atom stereocenters. The minimum absolute atomic E-state index is 0.207. The summed E-state index contributed by atoms with van der Waals surface area (Å²) in [5, 5.41) is 9.48. The summed E-state index contributed by atoms with van der Waals surface area (Å²) in [6, 6.07) is 0. The second-order valence-corrected chi connectivity index (χ2v) is 17.2. The van der Waals surface area contributed by atoms with Crippen molar-refractivity contribution in [2.24, 2.45) is 0 Å². The lowest BCUT2D eigenvalue weighted by atomic mass is 10.0. The van der Waals surface area contributed by atoms with Gasteiger partial charge >= 0.3 is 0 Å². The first-order valence-corrected chi connectivity index (χ1v) is 25.3. The van der Waals surface area contributed by atoms with Gasteiger partial charge in [-0.2, -0.15) is 0 Å². The lowest BCUT2D eigenvalue weighted by molar-refractivity contribution is 0.0649. The molecule has 0 aromatic rings. The fourth-order valence-electron chi connectivity index (χ4n) is 7.99. The largest absolute Gasteiger partial charge is 0.395 e. The first-order valence-electron chi connectivity index (χ1n) is 25.3. The zero-order valence-electron chi connectivity index (χ0n) is 37.7. The van der Waals surface area contributed by atoms with Crippen molar-refractivity contribution in [1.82, 2.24) is 4.90 Å². The van der Waals surface area contributed by atoms with Gasteiger partial charge in [0.25, 0.3) is 0 Å². The Balaban J connectivity index is 3.31. The molecule has 0 aliphatic rings. The van der Waals surface area contributed by atoms with E-state index in [2.05, 4.69) is 18.7 Å². The van der Waals surface area contributed by atoms with Crippen LogP contribution in [0.1, 0.15) is 271 Å². The third kappa shape index (κ3) is 48.0. The number of unbranched alkanes of at least 4 members (excludes halogenated alkanes) is 38. The zero-order chi connectivity index (χ0) is 38.9. The van der Waals surface area contributed by atoms with Gasteiger partial charge in [0.1, 0.15) is 0 Å². The molecule has 0 radical (unpaired) electrons. The van der Waals surface area contributed by atoms with Crippen molar-refractivity contribution in [2.75, 3.05) is 52.7 Å². The molecule has 54 heavy (non-hydrogen) atoms. The summed E-state index contributed by atoms with van der Waals surface area (Å²) >= 11 is 0. The zero-order valence-corrected chi connectivity index (χ0v) is 37.7. The van der Waals surface area contributed by atoms with Crippen LogP contribution in [0.25, 0.3) is 0 Å². The molecule has 0 heterocycles. The molecule has 0 aliphatic heterocycles. The third-order valence-corrected chi connectivity index (χ3v) is 11.8. The monoisotopic (exact) mass is 766 g/mol. The molecule has 0 amide bonds. The Labute approximate surface area is 341 Å². The predicted octanol–water partition coefficient (Wildman–Crippen LogP) is 16.0. The van der Waals surface area contributed by atoms with E-state index in [0.717, 1.165) is 39.5 Å². The molecule has 0 bridgehead atoms. The maximum atomic E-state index is 9.48. The van der Waals surface area contributed by atoms with E-state index >= 15 is 0 Å². The van der Waals surface area contributed by atoms with E-state index < -0.39 is 0 Å². The van der Waals surface area contributed by atoms with E-state index in [1.165, 1.54) is 257 Å². The normalized spacial score (nSPS) is 11.8. The number of hydrogen-bond donors (Lipinski definition) is 1. The Morgan fingerprint density at radius 2 is 0.463 bits per heavy atom. The summed E-state index contributed by atoms with van der Waals surface area (Å²) < 4.78 is 11.9. The number of aliphatic hydroxyl groups is 1. The first-order chi connectivity index (χ1) is 26.8. The van der Waals surface area contributed by atoms with E-state index in [0.29, 0.717) is 6.54 Å². The van der Waals surface area contributed by atoms with Crippen LogP contribution >= 0.6 is 0 Å². The fourth-order valence-corrected chi connectivity index (χ4v) is 7.99. The van der Waals surface area contributed by atoms with Crippen LogP contribution in [-0.4, -0.2) is 62.7 Å². The van der Waals surface area contributed by atoms with E-state index in [1.54, 1.807) is 0 Å². The molecule has 0 aliphatic carbocycles. The number of hydrogen-bond acceptors (Lipinski definition) is 4. The highest BCUT2D eigenvalue weighted by atomic mass is 16.5. The Kier molecular flexibility index (Phi) is 50.7. The van der Waals surface area contributed by atoms with E-state index in [1.807, 2.05) is 0 Å². The average molecular weight is 766 g/mol. The molecule has 4 heteroatoms. The Morgan fingerprint density at radius 3 is 0.667 bits per heavy atom. The summed E-state index contributed by atoms with van der Waals surface area (Å²) in [6.45, 7) is 10.6. The lowest BCUT2D eigenvalue weighted by Crippen LogP contribution is -2.33. The van der Waals surface area contributed by atoms with Gasteiger partial charge in [0, 0.05) is 32.8 Å². The number of nitrogens with zero attached hydrogens (tertiary/aromatic N) is 1. The van der Waals surface area contributed by atoms with Crippen LogP contribution in [0.15, 0.2) is 0 Å². The summed E-state index contributed by atoms with van der Waals surface area (Å²) in [7, 11) is 0. The van der Waals surface area contributed by atoms with Crippen LogP contribution in [0.4, 0.5) is 0 Å². The van der Waals surface area contributed by atoms with Gasteiger partial charge in [0.2, 0.25) is 0 Å². The Hall–Kier alpha value is -0.160. The van der Waals surface area contributed by atoms with Gasteiger partial charge in [-0.1, -0.05) is 258 Å². The van der Waals surface area contributed by atoms with Crippen LogP contribution in [-0.2, 0) is 9.47 Å². The van der Waals surface area contributed by atoms with Crippen molar-refractivity contribution in [3.8, 4) is 0 Å². The molecule has 0 saturated carbocycles. The molecule has 0 aromatic heterocycles. The Bertz CT molecular complexity index is 581. The number of rotatable bonds is 50. The van der Waals surface area contributed by atoms with Crippen LogP contribution in [0.5, 0.6) is 0 Å². The van der Waals surface area contributed by atoms with E-state index in [9.17, 15) is 5.11 Å². The van der Waals surface area contributed by atoms with E-state index in [4.69, 9.17) is 9.47 Å². The summed E-state index contributed by atoms with van der Waals surface area (Å²) in [5.41, 5.74) is 0. The van der Waals surface area contributed by atoms with Crippen LogP contribution in [0, 0.1) is 0 Å².